The van der Waals surface area contributed by atoms with E-state index in [0.29, 0.717) is 12.3 Å². The van der Waals surface area contributed by atoms with E-state index >= 15 is 0 Å². The van der Waals surface area contributed by atoms with Gasteiger partial charge in [0.1, 0.15) is 16.8 Å². The molecule has 3 aromatic carbocycles. The zero-order valence-electron chi connectivity index (χ0n) is 21.7. The number of benzene rings is 3. The van der Waals surface area contributed by atoms with Crippen molar-refractivity contribution in [3.8, 4) is 11.1 Å². The third-order valence-corrected chi connectivity index (χ3v) is 8.13. The number of hydrogen-bond donors (Lipinski definition) is 2. The lowest BCUT2D eigenvalue weighted by Gasteiger charge is -2.31. The van der Waals surface area contributed by atoms with Crippen molar-refractivity contribution in [3.63, 3.8) is 0 Å². The van der Waals surface area contributed by atoms with Crippen LogP contribution in [0.4, 0.5) is 0 Å². The van der Waals surface area contributed by atoms with Gasteiger partial charge in [-0.05, 0) is 85.2 Å². The Labute approximate surface area is 212 Å². The molecule has 0 saturated carbocycles. The molecular weight excluding hydrogens is 446 g/mol. The van der Waals surface area contributed by atoms with Gasteiger partial charge in [0.25, 0.3) is 0 Å². The molecule has 0 fully saturated rings. The lowest BCUT2D eigenvalue weighted by atomic mass is 9.88. The number of fused-ring (bicyclic) bond motifs is 6. The molecule has 0 radical (unpaired) electrons. The van der Waals surface area contributed by atoms with Crippen LogP contribution < -0.4 is 0 Å². The molecule has 36 heavy (non-hydrogen) atoms. The van der Waals surface area contributed by atoms with Crippen LogP contribution in [0.3, 0.4) is 0 Å². The van der Waals surface area contributed by atoms with Crippen molar-refractivity contribution in [1.82, 2.24) is 4.98 Å². The van der Waals surface area contributed by atoms with Gasteiger partial charge in [0.15, 0.2) is 0 Å². The molecule has 1 aliphatic heterocycles. The van der Waals surface area contributed by atoms with Crippen molar-refractivity contribution in [2.75, 3.05) is 13.2 Å². The highest BCUT2D eigenvalue weighted by Crippen LogP contribution is 2.44. The van der Waals surface area contributed by atoms with Crippen LogP contribution in [0.2, 0.25) is 0 Å². The van der Waals surface area contributed by atoms with E-state index in [1.807, 2.05) is 0 Å². The van der Waals surface area contributed by atoms with Crippen molar-refractivity contribution in [3.05, 3.63) is 70.9 Å². The molecule has 0 aliphatic carbocycles. The van der Waals surface area contributed by atoms with Crippen LogP contribution in [-0.4, -0.2) is 23.3 Å². The Morgan fingerprint density at radius 1 is 1.00 bits per heavy atom. The highest BCUT2D eigenvalue weighted by atomic mass is 16.5. The minimum Gasteiger partial charge on any atom is -0.456 e. The van der Waals surface area contributed by atoms with Gasteiger partial charge < -0.3 is 19.2 Å². The summed E-state index contributed by atoms with van der Waals surface area (Å²) < 4.78 is 12.7. The number of aliphatic hydroxyl groups is 1. The average molecular weight is 482 g/mol. The quantitative estimate of drug-likeness (QED) is 0.266. The summed E-state index contributed by atoms with van der Waals surface area (Å²) in [6.07, 6.45) is 3.38. The third kappa shape index (κ3) is 3.58. The summed E-state index contributed by atoms with van der Waals surface area (Å²) in [6, 6.07) is 17.7. The largest absolute Gasteiger partial charge is 0.456 e. The van der Waals surface area contributed by atoms with Crippen LogP contribution in [0.25, 0.3) is 44.0 Å². The highest BCUT2D eigenvalue weighted by Gasteiger charge is 2.37. The molecule has 2 N–H and O–H groups in total. The van der Waals surface area contributed by atoms with E-state index in [4.69, 9.17) is 9.15 Å². The van der Waals surface area contributed by atoms with Crippen LogP contribution in [0.1, 0.15) is 68.3 Å². The summed E-state index contributed by atoms with van der Waals surface area (Å²) in [5.41, 5.74) is 9.91. The van der Waals surface area contributed by atoms with Gasteiger partial charge in [-0.25, -0.2) is 0 Å². The smallest absolute Gasteiger partial charge is 0.136 e. The molecule has 1 atom stereocenters. The molecule has 4 heteroatoms. The van der Waals surface area contributed by atoms with Crippen LogP contribution in [0.5, 0.6) is 0 Å². The topological polar surface area (TPSA) is 58.4 Å². The van der Waals surface area contributed by atoms with Crippen molar-refractivity contribution in [2.45, 2.75) is 64.9 Å². The Bertz CT molecular complexity index is 1590. The van der Waals surface area contributed by atoms with Crippen molar-refractivity contribution in [1.29, 1.82) is 0 Å². The maximum absolute atomic E-state index is 9.93. The van der Waals surface area contributed by atoms with E-state index < -0.39 is 5.60 Å². The van der Waals surface area contributed by atoms with Gasteiger partial charge >= 0.3 is 0 Å². The first-order chi connectivity index (χ1) is 17.4. The number of aryl methyl sites for hydroxylation is 2. The fourth-order valence-corrected chi connectivity index (χ4v) is 6.06. The summed E-state index contributed by atoms with van der Waals surface area (Å²) >= 11 is 0. The first-order valence-corrected chi connectivity index (χ1v) is 13.3. The van der Waals surface area contributed by atoms with E-state index in [1.54, 1.807) is 0 Å². The van der Waals surface area contributed by atoms with E-state index in [0.717, 1.165) is 64.6 Å². The van der Waals surface area contributed by atoms with E-state index in [9.17, 15) is 5.11 Å². The summed E-state index contributed by atoms with van der Waals surface area (Å²) in [7, 11) is 0. The fraction of sp³-hybridized carbons (Fsp3) is 0.375. The molecule has 3 heterocycles. The predicted octanol–water partition coefficient (Wildman–Crippen LogP) is 8.12. The van der Waals surface area contributed by atoms with Gasteiger partial charge in [-0.3, -0.25) is 0 Å². The number of H-pyrrole nitrogens is 1. The van der Waals surface area contributed by atoms with Crippen LogP contribution in [0, 0.1) is 6.92 Å². The van der Waals surface area contributed by atoms with Gasteiger partial charge in [0.2, 0.25) is 0 Å². The first-order valence-electron chi connectivity index (χ1n) is 13.3. The normalized spacial score (nSPS) is 18.4. The Morgan fingerprint density at radius 2 is 1.86 bits per heavy atom. The Hall–Kier alpha value is -3.08. The zero-order valence-corrected chi connectivity index (χ0v) is 21.7. The Kier molecular flexibility index (Phi) is 5.70. The molecule has 4 nitrogen and oxygen atoms in total. The molecule has 0 amide bonds. The van der Waals surface area contributed by atoms with Crippen LogP contribution in [-0.2, 0) is 16.8 Å². The fourth-order valence-electron chi connectivity index (χ4n) is 6.06. The minimum absolute atomic E-state index is 0.106. The number of ether oxygens (including phenoxy) is 1. The van der Waals surface area contributed by atoms with Crippen molar-refractivity contribution >= 4 is 32.8 Å². The Balaban J connectivity index is 1.62. The summed E-state index contributed by atoms with van der Waals surface area (Å²) in [6.45, 7) is 9.62. The lowest BCUT2D eigenvalue weighted by molar-refractivity contribution is -0.0676. The van der Waals surface area contributed by atoms with E-state index in [1.165, 1.54) is 27.6 Å². The summed E-state index contributed by atoms with van der Waals surface area (Å²) in [5, 5.41) is 13.5. The monoisotopic (exact) mass is 481 g/mol. The summed E-state index contributed by atoms with van der Waals surface area (Å²) in [4.78, 5) is 3.83. The molecule has 0 bridgehead atoms. The molecule has 0 spiro atoms. The second-order valence-corrected chi connectivity index (χ2v) is 10.7. The number of nitrogens with one attached hydrogen (secondary N) is 1. The van der Waals surface area contributed by atoms with E-state index in [-0.39, 0.29) is 6.61 Å². The number of aromatic nitrogens is 1. The van der Waals surface area contributed by atoms with Gasteiger partial charge in [-0.1, -0.05) is 38.5 Å². The number of aliphatic hydroxyl groups excluding tert-OH is 1. The minimum atomic E-state index is -0.477. The van der Waals surface area contributed by atoms with Gasteiger partial charge in [-0.15, -0.1) is 0 Å². The predicted molar refractivity (Wildman–Crippen MR) is 148 cm³/mol. The van der Waals surface area contributed by atoms with Crippen LogP contribution >= 0.6 is 0 Å². The molecular formula is C32H35NO3. The molecule has 5 aromatic rings. The van der Waals surface area contributed by atoms with Gasteiger partial charge in [0, 0.05) is 41.4 Å². The maximum atomic E-state index is 9.93. The van der Waals surface area contributed by atoms with Gasteiger partial charge in [-0.2, -0.15) is 0 Å². The number of hydrogen-bond acceptors (Lipinski definition) is 3. The molecule has 1 unspecified atom stereocenters. The standard InChI is InChI=1S/C32H35NO3/c1-5-32(12-13-34)31-24(7-6-14-35-32)27-17-22(19(2)3)16-25(30(27)33-31)21-9-10-23-26-15-20(4)8-11-28(26)36-29(23)18-21/h8-11,15-19,33-34H,5-7,12-14H2,1-4H3. The maximum Gasteiger partial charge on any atom is 0.136 e. The summed E-state index contributed by atoms with van der Waals surface area (Å²) in [5.74, 6) is 0.409. The number of furan rings is 1. The molecule has 6 rings (SSSR count). The highest BCUT2D eigenvalue weighted by molar-refractivity contribution is 6.07. The molecule has 0 saturated heterocycles. The van der Waals surface area contributed by atoms with Crippen molar-refractivity contribution in [2.24, 2.45) is 0 Å². The zero-order chi connectivity index (χ0) is 25.0. The molecule has 2 aromatic heterocycles. The third-order valence-electron chi connectivity index (χ3n) is 8.13. The van der Waals surface area contributed by atoms with Gasteiger partial charge in [0.05, 0.1) is 11.2 Å². The number of rotatable bonds is 5. The Morgan fingerprint density at radius 3 is 2.64 bits per heavy atom. The molecule has 1 aliphatic rings. The number of aromatic amines is 1. The second kappa shape index (κ2) is 8.79. The lowest BCUT2D eigenvalue weighted by Crippen LogP contribution is -2.31. The SMILES string of the molecule is CCC1(CCO)OCCCc2c1[nH]c1c(-c3ccc4c(c3)oc3ccc(C)cc34)cc(C(C)C)cc21. The first kappa shape index (κ1) is 23.3. The van der Waals surface area contributed by atoms with Crippen molar-refractivity contribution < 1.29 is 14.3 Å². The second-order valence-electron chi connectivity index (χ2n) is 10.7. The van der Waals surface area contributed by atoms with E-state index in [2.05, 4.69) is 81.2 Å². The van der Waals surface area contributed by atoms with Crippen LogP contribution in [0.15, 0.2) is 52.9 Å². The average Bonchev–Trinajstić information content (AvgIpc) is 3.37. The molecule has 186 valence electrons.